The molecule has 0 unspecified atom stereocenters. The second-order valence-corrected chi connectivity index (χ2v) is 3.67. The third kappa shape index (κ3) is 2.02. The van der Waals surface area contributed by atoms with Crippen LogP contribution < -0.4 is 0 Å². The molecule has 0 aromatic carbocycles. The smallest absolute Gasteiger partial charge is 0.148 e. The molecule has 0 N–H and O–H groups in total. The third-order valence-corrected chi connectivity index (χ3v) is 3.30. The summed E-state index contributed by atoms with van der Waals surface area (Å²) in [5, 5.41) is 0. The summed E-state index contributed by atoms with van der Waals surface area (Å²) >= 11 is 6.37. The first-order valence-electron chi connectivity index (χ1n) is 3.14. The van der Waals surface area contributed by atoms with Gasteiger partial charge in [0.2, 0.25) is 0 Å². The Labute approximate surface area is 86.4 Å². The standard InChI is InChI=1S/C7H6Br2FNO/c1-12-3-4-5(10)2-11-7(9)6(4)8/h2H,3H2,1H3. The molecule has 0 bridgehead atoms. The molecule has 0 radical (unpaired) electrons. The van der Waals surface area contributed by atoms with E-state index < -0.39 is 0 Å². The van der Waals surface area contributed by atoms with Gasteiger partial charge in [0.25, 0.3) is 0 Å². The highest BCUT2D eigenvalue weighted by Crippen LogP contribution is 2.26. The Balaban J connectivity index is 3.14. The monoisotopic (exact) mass is 297 g/mol. The van der Waals surface area contributed by atoms with E-state index in [0.29, 0.717) is 14.6 Å². The largest absolute Gasteiger partial charge is 0.380 e. The topological polar surface area (TPSA) is 22.1 Å². The van der Waals surface area contributed by atoms with Crippen molar-refractivity contribution in [2.24, 2.45) is 0 Å². The van der Waals surface area contributed by atoms with Crippen LogP contribution in [0.15, 0.2) is 15.3 Å². The SMILES string of the molecule is COCc1c(F)cnc(Br)c1Br. The highest BCUT2D eigenvalue weighted by atomic mass is 79.9. The predicted molar refractivity (Wildman–Crippen MR) is 50.3 cm³/mol. The van der Waals surface area contributed by atoms with Crippen LogP contribution in [0.1, 0.15) is 5.56 Å². The summed E-state index contributed by atoms with van der Waals surface area (Å²) in [4.78, 5) is 3.76. The Hall–Kier alpha value is 0. The Morgan fingerprint density at radius 2 is 2.25 bits per heavy atom. The summed E-state index contributed by atoms with van der Waals surface area (Å²) in [5.74, 6) is -0.369. The van der Waals surface area contributed by atoms with Crippen LogP contribution in [0.2, 0.25) is 0 Å². The van der Waals surface area contributed by atoms with E-state index in [9.17, 15) is 4.39 Å². The molecule has 0 saturated heterocycles. The van der Waals surface area contributed by atoms with E-state index >= 15 is 0 Å². The number of aromatic nitrogens is 1. The van der Waals surface area contributed by atoms with Crippen molar-refractivity contribution in [2.75, 3.05) is 7.11 Å². The van der Waals surface area contributed by atoms with Crippen molar-refractivity contribution in [3.05, 3.63) is 26.7 Å². The fourth-order valence-electron chi connectivity index (χ4n) is 0.754. The zero-order chi connectivity index (χ0) is 9.14. The molecule has 1 heterocycles. The Bertz CT molecular complexity index is 293. The molecular weight excluding hydrogens is 293 g/mol. The molecule has 0 aliphatic heterocycles. The average molecular weight is 299 g/mol. The highest BCUT2D eigenvalue weighted by molar-refractivity contribution is 9.13. The first-order chi connectivity index (χ1) is 5.66. The quantitative estimate of drug-likeness (QED) is 0.783. The van der Waals surface area contributed by atoms with Gasteiger partial charge in [0.15, 0.2) is 0 Å². The lowest BCUT2D eigenvalue weighted by Gasteiger charge is -2.04. The number of rotatable bonds is 2. The van der Waals surface area contributed by atoms with Crippen molar-refractivity contribution < 1.29 is 9.13 Å². The first-order valence-corrected chi connectivity index (χ1v) is 4.72. The van der Waals surface area contributed by atoms with E-state index in [2.05, 4.69) is 36.8 Å². The minimum Gasteiger partial charge on any atom is -0.380 e. The van der Waals surface area contributed by atoms with Gasteiger partial charge < -0.3 is 4.74 Å². The maximum atomic E-state index is 13.0. The zero-order valence-corrected chi connectivity index (χ0v) is 9.45. The van der Waals surface area contributed by atoms with Gasteiger partial charge >= 0.3 is 0 Å². The molecule has 0 fully saturated rings. The molecule has 12 heavy (non-hydrogen) atoms. The fourth-order valence-corrected chi connectivity index (χ4v) is 1.50. The van der Waals surface area contributed by atoms with Gasteiger partial charge in [-0.15, -0.1) is 0 Å². The van der Waals surface area contributed by atoms with Crippen molar-refractivity contribution in [1.29, 1.82) is 0 Å². The summed E-state index contributed by atoms with van der Waals surface area (Å²) in [6.07, 6.45) is 1.16. The molecule has 1 aromatic heterocycles. The molecule has 0 aliphatic rings. The van der Waals surface area contributed by atoms with Crippen LogP contribution in [0.25, 0.3) is 0 Å². The second-order valence-electron chi connectivity index (χ2n) is 2.12. The van der Waals surface area contributed by atoms with E-state index in [4.69, 9.17) is 4.74 Å². The molecular formula is C7H6Br2FNO. The van der Waals surface area contributed by atoms with Crippen LogP contribution in [0, 0.1) is 5.82 Å². The number of methoxy groups -OCH3 is 1. The van der Waals surface area contributed by atoms with Crippen LogP contribution in [-0.2, 0) is 11.3 Å². The van der Waals surface area contributed by atoms with Gasteiger partial charge in [-0.2, -0.15) is 0 Å². The van der Waals surface area contributed by atoms with Crippen LogP contribution in [-0.4, -0.2) is 12.1 Å². The van der Waals surface area contributed by atoms with Crippen molar-refractivity contribution >= 4 is 31.9 Å². The van der Waals surface area contributed by atoms with E-state index in [-0.39, 0.29) is 12.4 Å². The number of hydrogen-bond donors (Lipinski definition) is 0. The van der Waals surface area contributed by atoms with Crippen LogP contribution in [0.3, 0.4) is 0 Å². The summed E-state index contributed by atoms with van der Waals surface area (Å²) < 4.78 is 19.0. The van der Waals surface area contributed by atoms with Crippen LogP contribution in [0.4, 0.5) is 4.39 Å². The lowest BCUT2D eigenvalue weighted by molar-refractivity contribution is 0.180. The minimum atomic E-state index is -0.369. The molecule has 5 heteroatoms. The molecule has 0 aliphatic carbocycles. The fraction of sp³-hybridized carbons (Fsp3) is 0.286. The van der Waals surface area contributed by atoms with Crippen molar-refractivity contribution in [1.82, 2.24) is 4.98 Å². The lowest BCUT2D eigenvalue weighted by Crippen LogP contribution is -1.96. The molecule has 0 spiro atoms. The Morgan fingerprint density at radius 1 is 1.58 bits per heavy atom. The maximum Gasteiger partial charge on any atom is 0.148 e. The number of halogens is 3. The van der Waals surface area contributed by atoms with Crippen molar-refractivity contribution in [2.45, 2.75) is 6.61 Å². The van der Waals surface area contributed by atoms with Gasteiger partial charge in [0.1, 0.15) is 10.4 Å². The van der Waals surface area contributed by atoms with E-state index in [0.717, 1.165) is 6.20 Å². The molecule has 0 atom stereocenters. The van der Waals surface area contributed by atoms with Gasteiger partial charge in [0, 0.05) is 12.7 Å². The van der Waals surface area contributed by atoms with E-state index in [1.54, 1.807) is 0 Å². The van der Waals surface area contributed by atoms with Gasteiger partial charge in [-0.25, -0.2) is 9.37 Å². The van der Waals surface area contributed by atoms with E-state index in [1.165, 1.54) is 7.11 Å². The first kappa shape index (κ1) is 10.1. The summed E-state index contributed by atoms with van der Waals surface area (Å²) in [6.45, 7) is 0.230. The normalized spacial score (nSPS) is 10.3. The molecule has 1 aromatic rings. The predicted octanol–water partition coefficient (Wildman–Crippen LogP) is 2.89. The summed E-state index contributed by atoms with van der Waals surface area (Å²) in [5.41, 5.74) is 0.472. The third-order valence-electron chi connectivity index (χ3n) is 1.31. The zero-order valence-electron chi connectivity index (χ0n) is 6.27. The molecule has 0 amide bonds. The molecule has 2 nitrogen and oxygen atoms in total. The maximum absolute atomic E-state index is 13.0. The number of ether oxygens (including phenoxy) is 1. The Kier molecular flexibility index (Phi) is 3.61. The number of pyridine rings is 1. The molecule has 1 rings (SSSR count). The van der Waals surface area contributed by atoms with Gasteiger partial charge in [-0.3, -0.25) is 0 Å². The second kappa shape index (κ2) is 4.30. The van der Waals surface area contributed by atoms with Crippen molar-refractivity contribution in [3.63, 3.8) is 0 Å². The van der Waals surface area contributed by atoms with Gasteiger partial charge in [-0.1, -0.05) is 0 Å². The number of nitrogens with zero attached hydrogens (tertiary/aromatic N) is 1. The summed E-state index contributed by atoms with van der Waals surface area (Å²) in [7, 11) is 1.51. The van der Waals surface area contributed by atoms with Gasteiger partial charge in [0.05, 0.1) is 17.3 Å². The van der Waals surface area contributed by atoms with E-state index in [1.807, 2.05) is 0 Å². The summed E-state index contributed by atoms with van der Waals surface area (Å²) in [6, 6.07) is 0. The highest BCUT2D eigenvalue weighted by Gasteiger charge is 2.10. The Morgan fingerprint density at radius 3 is 2.83 bits per heavy atom. The van der Waals surface area contributed by atoms with Crippen LogP contribution >= 0.6 is 31.9 Å². The lowest BCUT2D eigenvalue weighted by atomic mass is 10.3. The number of hydrogen-bond acceptors (Lipinski definition) is 2. The van der Waals surface area contributed by atoms with Crippen LogP contribution in [0.5, 0.6) is 0 Å². The minimum absolute atomic E-state index is 0.230. The van der Waals surface area contributed by atoms with Gasteiger partial charge in [-0.05, 0) is 31.9 Å². The average Bonchev–Trinajstić information content (AvgIpc) is 2.06. The molecule has 0 saturated carbocycles. The van der Waals surface area contributed by atoms with Crippen molar-refractivity contribution in [3.8, 4) is 0 Å². The molecule has 66 valence electrons.